The molecule has 0 aromatic carbocycles. The Morgan fingerprint density at radius 1 is 1.62 bits per heavy atom. The van der Waals surface area contributed by atoms with Crippen molar-refractivity contribution in [3.8, 4) is 0 Å². The normalized spacial score (nSPS) is 26.6. The van der Waals surface area contributed by atoms with Gasteiger partial charge in [-0.25, -0.2) is 4.98 Å². The fourth-order valence-corrected chi connectivity index (χ4v) is 3.51. The summed E-state index contributed by atoms with van der Waals surface area (Å²) < 4.78 is 0. The number of hydrogen-bond acceptors (Lipinski definition) is 4. The van der Waals surface area contributed by atoms with Gasteiger partial charge in [-0.3, -0.25) is 5.10 Å². The quantitative estimate of drug-likeness (QED) is 0.848. The van der Waals surface area contributed by atoms with Gasteiger partial charge in [0.1, 0.15) is 12.2 Å². The zero-order valence-corrected chi connectivity index (χ0v) is 11.0. The van der Waals surface area contributed by atoms with Crippen LogP contribution in [-0.2, 0) is 0 Å². The van der Waals surface area contributed by atoms with E-state index in [4.69, 9.17) is 0 Å². The highest BCUT2D eigenvalue weighted by Crippen LogP contribution is 2.34. The van der Waals surface area contributed by atoms with Gasteiger partial charge in [0.2, 0.25) is 0 Å². The average Bonchev–Trinajstić information content (AvgIpc) is 2.68. The summed E-state index contributed by atoms with van der Waals surface area (Å²) >= 11 is 2.04. The van der Waals surface area contributed by atoms with Crippen molar-refractivity contribution >= 4 is 11.8 Å². The van der Waals surface area contributed by atoms with E-state index in [9.17, 15) is 0 Å². The summed E-state index contributed by atoms with van der Waals surface area (Å²) in [6, 6.07) is 0.829. The van der Waals surface area contributed by atoms with Crippen molar-refractivity contribution < 1.29 is 0 Å². The Labute approximate surface area is 101 Å². The molecule has 1 aliphatic rings. The molecule has 0 saturated carbocycles. The van der Waals surface area contributed by atoms with Crippen LogP contribution in [0.1, 0.15) is 39.1 Å². The van der Waals surface area contributed by atoms with Gasteiger partial charge in [-0.1, -0.05) is 13.8 Å². The lowest BCUT2D eigenvalue weighted by molar-refractivity contribution is 0.302. The van der Waals surface area contributed by atoms with Gasteiger partial charge >= 0.3 is 0 Å². The molecule has 16 heavy (non-hydrogen) atoms. The summed E-state index contributed by atoms with van der Waals surface area (Å²) in [4.78, 5) is 4.18. The maximum atomic E-state index is 4.18. The van der Waals surface area contributed by atoms with Crippen LogP contribution in [0.4, 0.5) is 0 Å². The summed E-state index contributed by atoms with van der Waals surface area (Å²) in [7, 11) is 0. The maximum absolute atomic E-state index is 4.18. The zero-order chi connectivity index (χ0) is 11.6. The van der Waals surface area contributed by atoms with Crippen LogP contribution >= 0.6 is 11.8 Å². The Morgan fingerprint density at radius 2 is 2.44 bits per heavy atom. The van der Waals surface area contributed by atoms with Crippen LogP contribution < -0.4 is 5.32 Å². The van der Waals surface area contributed by atoms with Gasteiger partial charge in [-0.05, 0) is 24.5 Å². The monoisotopic (exact) mass is 240 g/mol. The minimum Gasteiger partial charge on any atom is -0.304 e. The molecule has 2 unspecified atom stereocenters. The topological polar surface area (TPSA) is 53.6 Å². The number of nitrogens with zero attached hydrogens (tertiary/aromatic N) is 2. The van der Waals surface area contributed by atoms with E-state index in [2.05, 4.69) is 41.3 Å². The van der Waals surface area contributed by atoms with Crippen LogP contribution in [0.5, 0.6) is 0 Å². The Hall–Kier alpha value is -0.550. The third-order valence-electron chi connectivity index (χ3n) is 2.94. The minimum absolute atomic E-state index is 0.252. The third kappa shape index (κ3) is 2.98. The number of aromatic nitrogens is 3. The molecule has 0 spiro atoms. The summed E-state index contributed by atoms with van der Waals surface area (Å²) in [6.45, 7) is 6.81. The molecule has 1 fully saturated rings. The van der Waals surface area contributed by atoms with Crippen LogP contribution in [0.25, 0.3) is 0 Å². The van der Waals surface area contributed by atoms with E-state index in [1.165, 1.54) is 17.9 Å². The SMILES string of the molecule is CC(NC1CSCC(C)(C)C1)c1ncn[nH]1. The molecule has 4 nitrogen and oxygen atoms in total. The fourth-order valence-electron chi connectivity index (χ4n) is 2.23. The van der Waals surface area contributed by atoms with Gasteiger partial charge in [-0.2, -0.15) is 16.9 Å². The van der Waals surface area contributed by atoms with Crippen molar-refractivity contribution in [2.75, 3.05) is 11.5 Å². The molecular weight excluding hydrogens is 220 g/mol. The predicted octanol–water partition coefficient (Wildman–Crippen LogP) is 1.99. The molecule has 90 valence electrons. The highest BCUT2D eigenvalue weighted by atomic mass is 32.2. The molecule has 0 radical (unpaired) electrons. The molecule has 0 bridgehead atoms. The highest BCUT2D eigenvalue weighted by Gasteiger charge is 2.29. The van der Waals surface area contributed by atoms with E-state index in [0.29, 0.717) is 11.5 Å². The highest BCUT2D eigenvalue weighted by molar-refractivity contribution is 7.99. The molecule has 2 atom stereocenters. The van der Waals surface area contributed by atoms with E-state index in [0.717, 1.165) is 5.82 Å². The molecule has 1 aromatic heterocycles. The Morgan fingerprint density at radius 3 is 3.06 bits per heavy atom. The van der Waals surface area contributed by atoms with Crippen LogP contribution in [-0.4, -0.2) is 32.7 Å². The van der Waals surface area contributed by atoms with E-state index in [1.807, 2.05) is 11.8 Å². The molecule has 5 heteroatoms. The maximum Gasteiger partial charge on any atom is 0.141 e. The van der Waals surface area contributed by atoms with Gasteiger partial charge in [-0.15, -0.1) is 0 Å². The number of hydrogen-bond donors (Lipinski definition) is 2. The van der Waals surface area contributed by atoms with Crippen molar-refractivity contribution in [3.05, 3.63) is 12.2 Å². The lowest BCUT2D eigenvalue weighted by atomic mass is 9.87. The van der Waals surface area contributed by atoms with E-state index >= 15 is 0 Å². The summed E-state index contributed by atoms with van der Waals surface area (Å²) in [6.07, 6.45) is 2.80. The van der Waals surface area contributed by atoms with E-state index in [-0.39, 0.29) is 6.04 Å². The van der Waals surface area contributed by atoms with Crippen LogP contribution in [0.15, 0.2) is 6.33 Å². The smallest absolute Gasteiger partial charge is 0.141 e. The van der Waals surface area contributed by atoms with Gasteiger partial charge in [0, 0.05) is 11.8 Å². The number of rotatable bonds is 3. The molecule has 1 aromatic rings. The van der Waals surface area contributed by atoms with Crippen LogP contribution in [0.2, 0.25) is 0 Å². The van der Waals surface area contributed by atoms with Crippen molar-refractivity contribution in [1.82, 2.24) is 20.5 Å². The van der Waals surface area contributed by atoms with Crippen molar-refractivity contribution in [2.24, 2.45) is 5.41 Å². The lowest BCUT2D eigenvalue weighted by Crippen LogP contribution is -2.41. The Balaban J connectivity index is 1.90. The number of thioether (sulfide) groups is 1. The summed E-state index contributed by atoms with van der Waals surface area (Å²) in [5, 5.41) is 10.4. The Bertz CT molecular complexity index is 323. The van der Waals surface area contributed by atoms with Crippen molar-refractivity contribution in [3.63, 3.8) is 0 Å². The molecule has 0 amide bonds. The molecule has 0 aliphatic carbocycles. The van der Waals surface area contributed by atoms with Crippen molar-refractivity contribution in [2.45, 2.75) is 39.3 Å². The first-order valence-electron chi connectivity index (χ1n) is 5.76. The standard InChI is InChI=1S/C11H20N4S/c1-8(10-12-7-13-15-10)14-9-4-11(2,3)6-16-5-9/h7-9,14H,4-6H2,1-3H3,(H,12,13,15). The molecule has 2 rings (SSSR count). The van der Waals surface area contributed by atoms with Gasteiger partial charge in [0.25, 0.3) is 0 Å². The minimum atomic E-state index is 0.252. The van der Waals surface area contributed by atoms with Gasteiger partial charge in [0.05, 0.1) is 6.04 Å². The number of H-pyrrole nitrogens is 1. The van der Waals surface area contributed by atoms with Gasteiger partial charge in [0.15, 0.2) is 0 Å². The average molecular weight is 240 g/mol. The fraction of sp³-hybridized carbons (Fsp3) is 0.818. The van der Waals surface area contributed by atoms with E-state index < -0.39 is 0 Å². The molecule has 2 N–H and O–H groups in total. The third-order valence-corrected chi connectivity index (χ3v) is 4.56. The first kappa shape index (κ1) is 11.9. The zero-order valence-electron chi connectivity index (χ0n) is 10.2. The molecule has 1 saturated heterocycles. The second-order valence-corrected chi connectivity index (χ2v) is 6.37. The Kier molecular flexibility index (Phi) is 3.54. The predicted molar refractivity (Wildman–Crippen MR) is 67.4 cm³/mol. The largest absolute Gasteiger partial charge is 0.304 e. The van der Waals surface area contributed by atoms with Crippen molar-refractivity contribution in [1.29, 1.82) is 0 Å². The molecule has 2 heterocycles. The second kappa shape index (κ2) is 4.75. The lowest BCUT2D eigenvalue weighted by Gasteiger charge is -2.36. The van der Waals surface area contributed by atoms with Gasteiger partial charge < -0.3 is 5.32 Å². The number of nitrogens with one attached hydrogen (secondary N) is 2. The number of aromatic amines is 1. The molecular formula is C11H20N4S. The summed E-state index contributed by atoms with van der Waals surface area (Å²) in [5.41, 5.74) is 0.446. The first-order chi connectivity index (χ1) is 7.57. The molecule has 1 aliphatic heterocycles. The van der Waals surface area contributed by atoms with E-state index in [1.54, 1.807) is 6.33 Å². The second-order valence-electron chi connectivity index (χ2n) is 5.34. The van der Waals surface area contributed by atoms with Crippen LogP contribution in [0, 0.1) is 5.41 Å². The first-order valence-corrected chi connectivity index (χ1v) is 6.91. The van der Waals surface area contributed by atoms with Crippen LogP contribution in [0.3, 0.4) is 0 Å². The summed E-state index contributed by atoms with van der Waals surface area (Å²) in [5.74, 6) is 3.39.